The van der Waals surface area contributed by atoms with E-state index in [4.69, 9.17) is 4.74 Å². The Labute approximate surface area is 155 Å². The van der Waals surface area contributed by atoms with Crippen molar-refractivity contribution in [2.45, 2.75) is 39.2 Å². The number of ether oxygens (including phenoxy) is 1. The van der Waals surface area contributed by atoms with Crippen LogP contribution in [0.2, 0.25) is 0 Å². The maximum absolute atomic E-state index is 12.2. The Morgan fingerprint density at radius 2 is 1.92 bits per heavy atom. The fourth-order valence-electron chi connectivity index (χ4n) is 2.68. The van der Waals surface area contributed by atoms with Crippen LogP contribution in [-0.4, -0.2) is 68.2 Å². The lowest BCUT2D eigenvalue weighted by atomic mass is 9.96. The minimum absolute atomic E-state index is 0.0174. The molecular formula is C18H32N4O4. The van der Waals surface area contributed by atoms with Gasteiger partial charge in [-0.25, -0.2) is 4.79 Å². The summed E-state index contributed by atoms with van der Waals surface area (Å²) in [6.07, 6.45) is 3.98. The molecule has 0 spiro atoms. The van der Waals surface area contributed by atoms with Crippen LogP contribution in [0.5, 0.6) is 0 Å². The molecule has 0 unspecified atom stereocenters. The van der Waals surface area contributed by atoms with Crippen LogP contribution in [0.1, 0.15) is 33.1 Å². The largest absolute Gasteiger partial charge is 0.379 e. The van der Waals surface area contributed by atoms with Crippen molar-refractivity contribution in [3.05, 3.63) is 12.7 Å². The molecule has 8 nitrogen and oxygen atoms in total. The zero-order chi connectivity index (χ0) is 19.4. The van der Waals surface area contributed by atoms with E-state index >= 15 is 0 Å². The first-order chi connectivity index (χ1) is 12.4. The fraction of sp³-hybridized carbons (Fsp3) is 0.722. The number of likely N-dealkylation sites (tertiary alicyclic amines) is 1. The van der Waals surface area contributed by atoms with Crippen LogP contribution in [0.25, 0.3) is 0 Å². The van der Waals surface area contributed by atoms with Crippen LogP contribution in [-0.2, 0) is 14.3 Å². The Kier molecular flexibility index (Phi) is 10.6. The summed E-state index contributed by atoms with van der Waals surface area (Å²) in [4.78, 5) is 37.3. The third-order valence-electron chi connectivity index (χ3n) is 4.06. The van der Waals surface area contributed by atoms with Crippen LogP contribution in [0, 0.1) is 5.92 Å². The molecule has 0 aromatic heterocycles. The Morgan fingerprint density at radius 1 is 1.23 bits per heavy atom. The average Bonchev–Trinajstić information content (AvgIpc) is 2.59. The number of amides is 4. The standard InChI is InChI=1S/C18H32N4O4/c1-4-8-20-18(25)21-16(23)13-22-10-6-15(7-11-22)17(24)19-9-5-12-26-14(2)3/h4,14-15H,1,5-13H2,2-3H3,(H,19,24)(H2,20,21,23,25). The first kappa shape index (κ1) is 22.1. The van der Waals surface area contributed by atoms with Gasteiger partial charge in [-0.1, -0.05) is 6.08 Å². The van der Waals surface area contributed by atoms with Crippen molar-refractivity contribution in [1.82, 2.24) is 20.9 Å². The average molecular weight is 368 g/mol. The van der Waals surface area contributed by atoms with Crippen molar-refractivity contribution in [2.24, 2.45) is 5.92 Å². The van der Waals surface area contributed by atoms with Gasteiger partial charge in [-0.3, -0.25) is 19.8 Å². The van der Waals surface area contributed by atoms with E-state index in [-0.39, 0.29) is 30.4 Å². The van der Waals surface area contributed by atoms with Crippen molar-refractivity contribution in [3.63, 3.8) is 0 Å². The molecule has 1 rings (SSSR count). The summed E-state index contributed by atoms with van der Waals surface area (Å²) >= 11 is 0. The van der Waals surface area contributed by atoms with Crippen molar-refractivity contribution < 1.29 is 19.1 Å². The van der Waals surface area contributed by atoms with Gasteiger partial charge in [0, 0.05) is 25.6 Å². The van der Waals surface area contributed by atoms with Crippen molar-refractivity contribution in [3.8, 4) is 0 Å². The Morgan fingerprint density at radius 3 is 2.54 bits per heavy atom. The van der Waals surface area contributed by atoms with Gasteiger partial charge < -0.3 is 15.4 Å². The van der Waals surface area contributed by atoms with Crippen LogP contribution < -0.4 is 16.0 Å². The van der Waals surface area contributed by atoms with Crippen molar-refractivity contribution in [2.75, 3.05) is 39.3 Å². The zero-order valence-corrected chi connectivity index (χ0v) is 15.9. The molecule has 148 valence electrons. The number of hydrogen-bond donors (Lipinski definition) is 3. The highest BCUT2D eigenvalue weighted by molar-refractivity contribution is 5.95. The number of hydrogen-bond acceptors (Lipinski definition) is 5. The summed E-state index contributed by atoms with van der Waals surface area (Å²) in [5.74, 6) is -0.293. The molecule has 1 fully saturated rings. The Bertz CT molecular complexity index is 474. The normalized spacial score (nSPS) is 15.5. The van der Waals surface area contributed by atoms with Gasteiger partial charge in [-0.15, -0.1) is 6.58 Å². The molecule has 0 aromatic rings. The quantitative estimate of drug-likeness (QED) is 0.388. The number of carbonyl (C=O) groups excluding carboxylic acids is 3. The Balaban J connectivity index is 2.17. The molecule has 1 aliphatic rings. The highest BCUT2D eigenvalue weighted by Gasteiger charge is 2.25. The molecule has 0 radical (unpaired) electrons. The van der Waals surface area contributed by atoms with Gasteiger partial charge in [0.1, 0.15) is 0 Å². The van der Waals surface area contributed by atoms with Gasteiger partial charge >= 0.3 is 6.03 Å². The molecule has 1 saturated heterocycles. The summed E-state index contributed by atoms with van der Waals surface area (Å²) in [5.41, 5.74) is 0. The fourth-order valence-corrected chi connectivity index (χ4v) is 2.68. The predicted molar refractivity (Wildman–Crippen MR) is 99.6 cm³/mol. The third kappa shape index (κ3) is 9.53. The SMILES string of the molecule is C=CCNC(=O)NC(=O)CN1CCC(C(=O)NCCCOC(C)C)CC1. The lowest BCUT2D eigenvalue weighted by molar-refractivity contribution is -0.126. The molecule has 3 N–H and O–H groups in total. The third-order valence-corrected chi connectivity index (χ3v) is 4.06. The first-order valence-electron chi connectivity index (χ1n) is 9.22. The highest BCUT2D eigenvalue weighted by atomic mass is 16.5. The molecule has 1 heterocycles. The minimum Gasteiger partial charge on any atom is -0.379 e. The van der Waals surface area contributed by atoms with Crippen molar-refractivity contribution in [1.29, 1.82) is 0 Å². The summed E-state index contributed by atoms with van der Waals surface area (Å²) in [7, 11) is 0. The number of piperidine rings is 1. The van der Waals surface area contributed by atoms with E-state index in [1.807, 2.05) is 18.7 Å². The van der Waals surface area contributed by atoms with E-state index in [9.17, 15) is 14.4 Å². The summed E-state index contributed by atoms with van der Waals surface area (Å²) in [6.45, 7) is 10.5. The molecular weight excluding hydrogens is 336 g/mol. The van der Waals surface area contributed by atoms with Gasteiger partial charge in [0.15, 0.2) is 0 Å². The molecule has 0 saturated carbocycles. The number of nitrogens with one attached hydrogen (secondary N) is 3. The molecule has 0 atom stereocenters. The molecule has 0 bridgehead atoms. The van der Waals surface area contributed by atoms with Crippen LogP contribution >= 0.6 is 0 Å². The van der Waals surface area contributed by atoms with E-state index < -0.39 is 6.03 Å². The number of rotatable bonds is 10. The van der Waals surface area contributed by atoms with E-state index in [1.54, 1.807) is 0 Å². The number of carbonyl (C=O) groups is 3. The summed E-state index contributed by atoms with van der Waals surface area (Å²) < 4.78 is 5.44. The van der Waals surface area contributed by atoms with Gasteiger partial charge in [0.2, 0.25) is 11.8 Å². The first-order valence-corrected chi connectivity index (χ1v) is 9.22. The van der Waals surface area contributed by atoms with E-state index in [1.165, 1.54) is 6.08 Å². The topological polar surface area (TPSA) is 99.8 Å². The number of imide groups is 1. The maximum atomic E-state index is 12.2. The Hall–Kier alpha value is -1.93. The molecule has 1 aliphatic heterocycles. The second-order valence-electron chi connectivity index (χ2n) is 6.66. The van der Waals surface area contributed by atoms with E-state index in [0.717, 1.165) is 6.42 Å². The predicted octanol–water partition coefficient (Wildman–Crippen LogP) is 0.642. The second-order valence-corrected chi connectivity index (χ2v) is 6.66. The monoisotopic (exact) mass is 368 g/mol. The van der Waals surface area contributed by atoms with Gasteiger partial charge in [-0.2, -0.15) is 0 Å². The molecule has 0 aromatic carbocycles. The number of urea groups is 1. The van der Waals surface area contributed by atoms with Gasteiger partial charge in [0.25, 0.3) is 0 Å². The molecule has 8 heteroatoms. The van der Waals surface area contributed by atoms with Gasteiger partial charge in [-0.05, 0) is 46.2 Å². The van der Waals surface area contributed by atoms with Crippen LogP contribution in [0.15, 0.2) is 12.7 Å². The lowest BCUT2D eigenvalue weighted by Gasteiger charge is -2.30. The summed E-state index contributed by atoms with van der Waals surface area (Å²) in [6, 6.07) is -0.523. The molecule has 4 amide bonds. The summed E-state index contributed by atoms with van der Waals surface area (Å²) in [5, 5.41) is 7.71. The van der Waals surface area contributed by atoms with Gasteiger partial charge in [0.05, 0.1) is 12.6 Å². The minimum atomic E-state index is -0.523. The second kappa shape index (κ2) is 12.4. The smallest absolute Gasteiger partial charge is 0.321 e. The highest BCUT2D eigenvalue weighted by Crippen LogP contribution is 2.17. The van der Waals surface area contributed by atoms with Crippen LogP contribution in [0.3, 0.4) is 0 Å². The zero-order valence-electron chi connectivity index (χ0n) is 15.9. The molecule has 26 heavy (non-hydrogen) atoms. The van der Waals surface area contributed by atoms with E-state index in [2.05, 4.69) is 22.5 Å². The lowest BCUT2D eigenvalue weighted by Crippen LogP contribution is -2.47. The molecule has 0 aliphatic carbocycles. The van der Waals surface area contributed by atoms with Crippen LogP contribution in [0.4, 0.5) is 4.79 Å². The van der Waals surface area contributed by atoms with Crippen molar-refractivity contribution >= 4 is 17.8 Å². The maximum Gasteiger partial charge on any atom is 0.321 e. The van der Waals surface area contributed by atoms with E-state index in [0.29, 0.717) is 45.6 Å². The number of nitrogens with zero attached hydrogens (tertiary/aromatic N) is 1.